The fourth-order valence-corrected chi connectivity index (χ4v) is 4.68. The SMILES string of the molecule is Cc1cccc(P(c2cccc(F)c2F)c2cccc(F)c2F)n1. The number of rotatable bonds is 3. The van der Waals surface area contributed by atoms with Crippen LogP contribution in [0.4, 0.5) is 17.6 Å². The number of aromatic nitrogens is 1. The third kappa shape index (κ3) is 3.04. The van der Waals surface area contributed by atoms with Gasteiger partial charge in [-0.25, -0.2) is 17.6 Å². The van der Waals surface area contributed by atoms with Crippen LogP contribution in [0.2, 0.25) is 0 Å². The van der Waals surface area contributed by atoms with Gasteiger partial charge in [-0.1, -0.05) is 30.3 Å². The Morgan fingerprint density at radius 2 is 1.21 bits per heavy atom. The van der Waals surface area contributed by atoms with Crippen molar-refractivity contribution in [3.05, 3.63) is 83.6 Å². The maximum atomic E-state index is 14.4. The minimum absolute atomic E-state index is 0.0346. The Balaban J connectivity index is 2.29. The van der Waals surface area contributed by atoms with E-state index >= 15 is 0 Å². The van der Waals surface area contributed by atoms with Crippen molar-refractivity contribution in [3.8, 4) is 0 Å². The molecule has 0 saturated carbocycles. The van der Waals surface area contributed by atoms with E-state index in [1.807, 2.05) is 0 Å². The maximum Gasteiger partial charge on any atom is 0.167 e. The van der Waals surface area contributed by atoms with E-state index in [1.165, 1.54) is 24.3 Å². The van der Waals surface area contributed by atoms with Gasteiger partial charge in [-0.15, -0.1) is 0 Å². The summed E-state index contributed by atoms with van der Waals surface area (Å²) in [5, 5.41) is -0.0693. The monoisotopic (exact) mass is 349 g/mol. The van der Waals surface area contributed by atoms with Crippen molar-refractivity contribution in [1.29, 1.82) is 0 Å². The lowest BCUT2D eigenvalue weighted by Gasteiger charge is -2.20. The van der Waals surface area contributed by atoms with Gasteiger partial charge in [0.1, 0.15) is 0 Å². The first-order valence-corrected chi connectivity index (χ1v) is 8.45. The van der Waals surface area contributed by atoms with Crippen LogP contribution in [-0.4, -0.2) is 4.98 Å². The van der Waals surface area contributed by atoms with E-state index in [0.29, 0.717) is 11.1 Å². The molecule has 3 aromatic rings. The highest BCUT2D eigenvalue weighted by molar-refractivity contribution is 7.79. The lowest BCUT2D eigenvalue weighted by atomic mass is 10.3. The van der Waals surface area contributed by atoms with E-state index in [2.05, 4.69) is 4.98 Å². The van der Waals surface area contributed by atoms with Gasteiger partial charge >= 0.3 is 0 Å². The molecule has 6 heteroatoms. The van der Waals surface area contributed by atoms with Crippen LogP contribution in [0, 0.1) is 30.2 Å². The molecule has 1 nitrogen and oxygen atoms in total. The molecular weight excluding hydrogens is 337 g/mol. The van der Waals surface area contributed by atoms with E-state index in [9.17, 15) is 17.6 Å². The minimum Gasteiger partial charge on any atom is -0.253 e. The molecule has 3 rings (SSSR count). The van der Waals surface area contributed by atoms with Crippen molar-refractivity contribution in [3.63, 3.8) is 0 Å². The maximum absolute atomic E-state index is 14.4. The number of halogens is 4. The molecular formula is C18H12F4NP. The summed E-state index contributed by atoms with van der Waals surface area (Å²) in [7, 11) is -1.88. The summed E-state index contributed by atoms with van der Waals surface area (Å²) in [5.74, 6) is -4.22. The first-order chi connectivity index (χ1) is 11.5. The Kier molecular flexibility index (Phi) is 4.63. The molecule has 0 spiro atoms. The first-order valence-electron chi connectivity index (χ1n) is 7.11. The van der Waals surface area contributed by atoms with Crippen LogP contribution in [0.3, 0.4) is 0 Å². The highest BCUT2D eigenvalue weighted by Crippen LogP contribution is 2.35. The smallest absolute Gasteiger partial charge is 0.167 e. The van der Waals surface area contributed by atoms with E-state index in [1.54, 1.807) is 25.1 Å². The van der Waals surface area contributed by atoms with Crippen molar-refractivity contribution < 1.29 is 17.6 Å². The van der Waals surface area contributed by atoms with Crippen LogP contribution < -0.4 is 16.0 Å². The Bertz CT molecular complexity index is 846. The van der Waals surface area contributed by atoms with E-state index in [4.69, 9.17) is 0 Å². The summed E-state index contributed by atoms with van der Waals surface area (Å²) >= 11 is 0. The zero-order chi connectivity index (χ0) is 17.3. The molecule has 1 aromatic heterocycles. The van der Waals surface area contributed by atoms with Gasteiger partial charge in [0.25, 0.3) is 0 Å². The van der Waals surface area contributed by atoms with Gasteiger partial charge in [0.05, 0.1) is 5.44 Å². The topological polar surface area (TPSA) is 12.9 Å². The fraction of sp³-hybridized carbons (Fsp3) is 0.0556. The normalized spacial score (nSPS) is 11.1. The molecule has 2 aromatic carbocycles. The number of nitrogens with zero attached hydrogens (tertiary/aromatic N) is 1. The summed E-state index contributed by atoms with van der Waals surface area (Å²) in [6.45, 7) is 1.74. The Morgan fingerprint density at radius 1 is 0.708 bits per heavy atom. The van der Waals surface area contributed by atoms with Crippen LogP contribution in [0.5, 0.6) is 0 Å². The molecule has 0 amide bonds. The van der Waals surface area contributed by atoms with Crippen LogP contribution in [0.1, 0.15) is 5.69 Å². The first kappa shape index (κ1) is 16.6. The average Bonchev–Trinajstić information content (AvgIpc) is 2.56. The molecule has 1 heterocycles. The number of hydrogen-bond acceptors (Lipinski definition) is 1. The molecule has 0 saturated heterocycles. The summed E-state index contributed by atoms with van der Waals surface area (Å²) < 4.78 is 56.1. The third-order valence-electron chi connectivity index (χ3n) is 3.45. The molecule has 0 radical (unpaired) electrons. The van der Waals surface area contributed by atoms with E-state index < -0.39 is 31.2 Å². The second-order valence-electron chi connectivity index (χ2n) is 5.12. The molecule has 0 aliphatic heterocycles. The summed E-state index contributed by atoms with van der Waals surface area (Å²) in [4.78, 5) is 4.32. The van der Waals surface area contributed by atoms with Crippen molar-refractivity contribution in [2.75, 3.05) is 0 Å². The third-order valence-corrected chi connectivity index (χ3v) is 5.81. The molecule has 0 unspecified atom stereocenters. The Morgan fingerprint density at radius 3 is 1.71 bits per heavy atom. The summed E-state index contributed by atoms with van der Waals surface area (Å²) in [6.07, 6.45) is 0. The second-order valence-corrected chi connectivity index (χ2v) is 7.21. The summed E-state index contributed by atoms with van der Waals surface area (Å²) in [6, 6.07) is 12.4. The molecule has 0 bridgehead atoms. The highest BCUT2D eigenvalue weighted by atomic mass is 31.1. The van der Waals surface area contributed by atoms with Crippen molar-refractivity contribution in [2.24, 2.45) is 0 Å². The largest absolute Gasteiger partial charge is 0.253 e. The Hall–Kier alpha value is -2.26. The van der Waals surface area contributed by atoms with Crippen LogP contribution in [-0.2, 0) is 0 Å². The number of pyridine rings is 1. The van der Waals surface area contributed by atoms with Crippen LogP contribution >= 0.6 is 7.92 Å². The lowest BCUT2D eigenvalue weighted by Crippen LogP contribution is -2.28. The van der Waals surface area contributed by atoms with Gasteiger partial charge in [0.2, 0.25) is 0 Å². The molecule has 0 atom stereocenters. The van der Waals surface area contributed by atoms with Crippen molar-refractivity contribution in [1.82, 2.24) is 4.98 Å². The zero-order valence-corrected chi connectivity index (χ0v) is 13.5. The zero-order valence-electron chi connectivity index (χ0n) is 12.6. The van der Waals surface area contributed by atoms with Gasteiger partial charge < -0.3 is 0 Å². The quantitative estimate of drug-likeness (QED) is 0.519. The lowest BCUT2D eigenvalue weighted by molar-refractivity contribution is 0.513. The van der Waals surface area contributed by atoms with Crippen LogP contribution in [0.15, 0.2) is 54.6 Å². The number of benzene rings is 2. The fourth-order valence-electron chi connectivity index (χ4n) is 2.36. The average molecular weight is 349 g/mol. The van der Waals surface area contributed by atoms with Gasteiger partial charge in [0, 0.05) is 24.2 Å². The number of hydrogen-bond donors (Lipinski definition) is 0. The van der Waals surface area contributed by atoms with E-state index in [-0.39, 0.29) is 10.6 Å². The number of aryl methyl sites for hydroxylation is 1. The second kappa shape index (κ2) is 6.70. The van der Waals surface area contributed by atoms with Gasteiger partial charge in [-0.05, 0) is 31.2 Å². The standard InChI is InChI=1S/C18H12F4NP/c1-11-5-2-10-16(23-11)24(14-8-3-6-12(19)17(14)21)15-9-4-7-13(20)18(15)22/h2-10H,1H3. The minimum atomic E-state index is -1.88. The highest BCUT2D eigenvalue weighted by Gasteiger charge is 2.26. The van der Waals surface area contributed by atoms with Gasteiger partial charge in [-0.3, -0.25) is 4.98 Å². The molecule has 0 N–H and O–H groups in total. The Labute approximate surface area is 137 Å². The van der Waals surface area contributed by atoms with Crippen LogP contribution in [0.25, 0.3) is 0 Å². The van der Waals surface area contributed by atoms with E-state index in [0.717, 1.165) is 12.1 Å². The molecule has 122 valence electrons. The predicted octanol–water partition coefficient (Wildman–Crippen LogP) is 3.70. The predicted molar refractivity (Wildman–Crippen MR) is 87.5 cm³/mol. The van der Waals surface area contributed by atoms with Crippen molar-refractivity contribution in [2.45, 2.75) is 6.92 Å². The molecule has 0 fully saturated rings. The molecule has 24 heavy (non-hydrogen) atoms. The van der Waals surface area contributed by atoms with Gasteiger partial charge in [0.15, 0.2) is 23.3 Å². The van der Waals surface area contributed by atoms with Crippen molar-refractivity contribution >= 4 is 24.0 Å². The molecule has 0 aliphatic carbocycles. The van der Waals surface area contributed by atoms with Gasteiger partial charge in [-0.2, -0.15) is 0 Å². The summed E-state index contributed by atoms with van der Waals surface area (Å²) in [5.41, 5.74) is 1.02. The molecule has 0 aliphatic rings.